The predicted octanol–water partition coefficient (Wildman–Crippen LogP) is 2.30. The second-order valence-electron chi connectivity index (χ2n) is 4.43. The standard InChI is InChI=1S/C13H22O6.CH4.H2/c1-9(14)11(6-7-12(15)16)5-4-8-19-13(17)10(2)18-3;;/h10-11H,4-8H2,1-3H3,(H,15,16);1H4;1H/i;;1+1. The molecule has 0 aromatic heterocycles. The van der Waals surface area contributed by atoms with Crippen LogP contribution in [0.4, 0.5) is 0 Å². The molecule has 0 rings (SSSR count). The third kappa shape index (κ3) is 9.49. The van der Waals surface area contributed by atoms with E-state index in [1.165, 1.54) is 14.0 Å². The highest BCUT2D eigenvalue weighted by atomic mass is 16.6. The van der Waals surface area contributed by atoms with E-state index < -0.39 is 18.0 Å². The van der Waals surface area contributed by atoms with Gasteiger partial charge in [-0.2, -0.15) is 0 Å². The quantitative estimate of drug-likeness (QED) is 0.491. The van der Waals surface area contributed by atoms with E-state index in [1.807, 2.05) is 0 Å². The van der Waals surface area contributed by atoms with Gasteiger partial charge in [0.2, 0.25) is 0 Å². The minimum absolute atomic E-state index is 0. The lowest BCUT2D eigenvalue weighted by atomic mass is 9.94. The molecule has 6 nitrogen and oxygen atoms in total. The SMILES string of the molecule is C.COC(C)C(=O)OCCCC(CCC(=O)O)C(C)=O.[2HH]. The zero-order valence-corrected chi connectivity index (χ0v) is 11.7. The first-order valence-electron chi connectivity index (χ1n) is 6.30. The molecule has 0 amide bonds. The molecule has 0 aliphatic heterocycles. The molecule has 0 saturated carbocycles. The summed E-state index contributed by atoms with van der Waals surface area (Å²) in [5.74, 6) is -1.66. The zero-order chi connectivity index (χ0) is 14.8. The van der Waals surface area contributed by atoms with Crippen molar-refractivity contribution in [1.29, 1.82) is 0 Å². The fraction of sp³-hybridized carbons (Fsp3) is 0.786. The Kier molecular flexibility index (Phi) is 11.9. The maximum atomic E-state index is 11.3. The molecule has 0 radical (unpaired) electrons. The highest BCUT2D eigenvalue weighted by Crippen LogP contribution is 2.15. The van der Waals surface area contributed by atoms with E-state index in [2.05, 4.69) is 0 Å². The smallest absolute Gasteiger partial charge is 0.334 e. The van der Waals surface area contributed by atoms with Crippen LogP contribution < -0.4 is 0 Å². The van der Waals surface area contributed by atoms with E-state index in [-0.39, 0.29) is 33.6 Å². The third-order valence-corrected chi connectivity index (χ3v) is 2.91. The van der Waals surface area contributed by atoms with E-state index in [9.17, 15) is 14.4 Å². The highest BCUT2D eigenvalue weighted by molar-refractivity contribution is 5.79. The first-order valence-corrected chi connectivity index (χ1v) is 6.30. The fourth-order valence-electron chi connectivity index (χ4n) is 1.56. The van der Waals surface area contributed by atoms with Crippen molar-refractivity contribution in [2.45, 2.75) is 53.1 Å². The lowest BCUT2D eigenvalue weighted by Gasteiger charge is -2.13. The second kappa shape index (κ2) is 11.4. The summed E-state index contributed by atoms with van der Waals surface area (Å²) in [6.45, 7) is 3.25. The Morgan fingerprint density at radius 1 is 1.25 bits per heavy atom. The summed E-state index contributed by atoms with van der Waals surface area (Å²) in [7, 11) is 1.42. The largest absolute Gasteiger partial charge is 0.481 e. The van der Waals surface area contributed by atoms with Crippen molar-refractivity contribution in [3.8, 4) is 0 Å². The van der Waals surface area contributed by atoms with E-state index in [0.29, 0.717) is 19.3 Å². The van der Waals surface area contributed by atoms with Crippen LogP contribution in [0, 0.1) is 5.92 Å². The molecule has 1 N–H and O–H groups in total. The second-order valence-corrected chi connectivity index (χ2v) is 4.43. The molecule has 0 heterocycles. The number of Topliss-reactive ketones (excluding diaryl/α,β-unsaturated/α-hetero) is 1. The molecule has 20 heavy (non-hydrogen) atoms. The van der Waals surface area contributed by atoms with E-state index in [0.717, 1.165) is 0 Å². The first-order chi connectivity index (χ1) is 8.88. The summed E-state index contributed by atoms with van der Waals surface area (Å²) in [5, 5.41) is 8.58. The van der Waals surface area contributed by atoms with Gasteiger partial charge in [-0.25, -0.2) is 4.79 Å². The van der Waals surface area contributed by atoms with Gasteiger partial charge < -0.3 is 14.6 Å². The van der Waals surface area contributed by atoms with Gasteiger partial charge in [0.1, 0.15) is 5.78 Å². The van der Waals surface area contributed by atoms with Crippen molar-refractivity contribution >= 4 is 17.7 Å². The van der Waals surface area contributed by atoms with Gasteiger partial charge in [-0.1, -0.05) is 7.43 Å². The number of methoxy groups -OCH3 is 1. The van der Waals surface area contributed by atoms with Crippen LogP contribution in [0.5, 0.6) is 0 Å². The van der Waals surface area contributed by atoms with Gasteiger partial charge in [-0.05, 0) is 33.1 Å². The minimum atomic E-state index is -0.911. The van der Waals surface area contributed by atoms with Gasteiger partial charge >= 0.3 is 11.9 Å². The number of carbonyl (C=O) groups is 3. The number of carboxylic acid groups (broad SMARTS) is 1. The number of hydrogen-bond donors (Lipinski definition) is 1. The van der Waals surface area contributed by atoms with Gasteiger partial charge in [-0.3, -0.25) is 9.59 Å². The van der Waals surface area contributed by atoms with Gasteiger partial charge in [0.15, 0.2) is 6.10 Å². The monoisotopic (exact) mass is 293 g/mol. The van der Waals surface area contributed by atoms with Crippen molar-refractivity contribution in [3.63, 3.8) is 0 Å². The molecule has 0 bridgehead atoms. The predicted molar refractivity (Wildman–Crippen MR) is 76.5 cm³/mol. The molecular weight excluding hydrogens is 264 g/mol. The van der Waals surface area contributed by atoms with Crippen LogP contribution in [0.1, 0.15) is 48.4 Å². The van der Waals surface area contributed by atoms with Gasteiger partial charge in [0, 0.05) is 20.9 Å². The topological polar surface area (TPSA) is 89.9 Å². The van der Waals surface area contributed by atoms with Crippen LogP contribution in [0.3, 0.4) is 0 Å². The Morgan fingerprint density at radius 2 is 1.85 bits per heavy atom. The Morgan fingerprint density at radius 3 is 2.30 bits per heavy atom. The van der Waals surface area contributed by atoms with E-state index >= 15 is 0 Å². The molecule has 0 spiro atoms. The normalized spacial score (nSPS) is 12.9. The van der Waals surface area contributed by atoms with Crippen molar-refractivity contribution in [1.82, 2.24) is 0 Å². The van der Waals surface area contributed by atoms with Crippen LogP contribution in [0.25, 0.3) is 0 Å². The number of aliphatic carboxylic acids is 1. The number of carbonyl (C=O) groups excluding carboxylic acids is 2. The molecule has 2 atom stereocenters. The fourth-order valence-corrected chi connectivity index (χ4v) is 1.56. The maximum absolute atomic E-state index is 11.3. The van der Waals surface area contributed by atoms with Crippen LogP contribution >= 0.6 is 0 Å². The summed E-state index contributed by atoms with van der Waals surface area (Å²) >= 11 is 0. The Bertz CT molecular complexity index is 319. The van der Waals surface area contributed by atoms with Crippen LogP contribution in [-0.2, 0) is 23.9 Å². The van der Waals surface area contributed by atoms with Crippen molar-refractivity contribution in [3.05, 3.63) is 0 Å². The molecule has 0 aromatic carbocycles. The summed E-state index contributed by atoms with van der Waals surface area (Å²) in [4.78, 5) is 33.1. The molecule has 2 unspecified atom stereocenters. The zero-order valence-electron chi connectivity index (χ0n) is 11.7. The van der Waals surface area contributed by atoms with E-state index in [1.54, 1.807) is 6.92 Å². The molecule has 120 valence electrons. The summed E-state index contributed by atoms with van der Waals surface area (Å²) < 4.78 is 9.76. The molecule has 6 heteroatoms. The number of esters is 1. The van der Waals surface area contributed by atoms with Gasteiger partial charge in [0.05, 0.1) is 6.61 Å². The number of hydrogen-bond acceptors (Lipinski definition) is 5. The minimum Gasteiger partial charge on any atom is -0.481 e. The Labute approximate surface area is 121 Å². The Balaban J connectivity index is -0.00000162. The molecule has 0 aliphatic carbocycles. The lowest BCUT2D eigenvalue weighted by molar-refractivity contribution is -0.154. The average molecular weight is 293 g/mol. The maximum Gasteiger partial charge on any atom is 0.334 e. The summed E-state index contributed by atoms with van der Waals surface area (Å²) in [6, 6.07) is 0. The van der Waals surface area contributed by atoms with Crippen LogP contribution in [0.15, 0.2) is 0 Å². The van der Waals surface area contributed by atoms with Crippen LogP contribution in [0.2, 0.25) is 0 Å². The summed E-state index contributed by atoms with van der Waals surface area (Å²) in [6.07, 6.45) is 0.761. The van der Waals surface area contributed by atoms with Gasteiger partial charge in [-0.15, -0.1) is 0 Å². The van der Waals surface area contributed by atoms with Gasteiger partial charge in [0.25, 0.3) is 0 Å². The highest BCUT2D eigenvalue weighted by Gasteiger charge is 2.17. The molecule has 0 aliphatic rings. The third-order valence-electron chi connectivity index (χ3n) is 2.91. The lowest BCUT2D eigenvalue weighted by Crippen LogP contribution is -2.22. The molecular formula is C14H28O6. The Hall–Kier alpha value is -1.43. The van der Waals surface area contributed by atoms with Crippen LogP contribution in [-0.4, -0.2) is 42.6 Å². The van der Waals surface area contributed by atoms with Crippen molar-refractivity contribution in [2.75, 3.05) is 13.7 Å². The molecule has 0 aromatic rings. The number of ketones is 1. The number of carboxylic acids is 1. The molecule has 0 saturated heterocycles. The molecule has 0 fully saturated rings. The summed E-state index contributed by atoms with van der Waals surface area (Å²) in [5.41, 5.74) is 0. The van der Waals surface area contributed by atoms with E-state index in [4.69, 9.17) is 14.6 Å². The van der Waals surface area contributed by atoms with Crippen molar-refractivity contribution in [2.24, 2.45) is 5.92 Å². The number of ether oxygens (including phenoxy) is 2. The average Bonchev–Trinajstić information content (AvgIpc) is 2.35. The number of rotatable bonds is 10. The first kappa shape index (κ1) is 20.9. The van der Waals surface area contributed by atoms with Crippen molar-refractivity contribution < 1.29 is 30.4 Å².